The summed E-state index contributed by atoms with van der Waals surface area (Å²) < 4.78 is 17.3. The second kappa shape index (κ2) is 29.1. The molecule has 0 fully saturated rings. The maximum absolute atomic E-state index is 6.25. The average molecular weight is 1100 g/mol. The molecule has 0 saturated carbocycles. The van der Waals surface area contributed by atoms with Gasteiger partial charge in [0.25, 0.3) is 0 Å². The van der Waals surface area contributed by atoms with Crippen LogP contribution >= 0.6 is 0 Å². The predicted molar refractivity (Wildman–Crippen MR) is 363 cm³/mol. The van der Waals surface area contributed by atoms with Gasteiger partial charge in [-0.15, -0.1) is 0 Å². The van der Waals surface area contributed by atoms with Gasteiger partial charge < -0.3 is 18.6 Å². The van der Waals surface area contributed by atoms with Crippen LogP contribution in [0, 0.1) is 0 Å². The Morgan fingerprint density at radius 1 is 0.274 bits per heavy atom. The van der Waals surface area contributed by atoms with Crippen molar-refractivity contribution in [1.82, 2.24) is 9.13 Å². The van der Waals surface area contributed by atoms with Crippen molar-refractivity contribution in [3.8, 4) is 34.0 Å². The molecule has 0 spiro atoms. The summed E-state index contributed by atoms with van der Waals surface area (Å²) in [4.78, 5) is 0. The van der Waals surface area contributed by atoms with Crippen LogP contribution in [0.1, 0.15) is 150 Å². The Hall–Kier alpha value is -8.60. The number of fused-ring (bicyclic) bond motifs is 6. The van der Waals surface area contributed by atoms with Crippen LogP contribution in [0.15, 0.2) is 206 Å². The van der Waals surface area contributed by atoms with Gasteiger partial charge in [-0.1, -0.05) is 249 Å². The van der Waals surface area contributed by atoms with Crippen LogP contribution in [0.2, 0.25) is 0 Å². The molecule has 11 aromatic rings. The highest BCUT2D eigenvalue weighted by Gasteiger charge is 2.15. The number of para-hydroxylation sites is 3. The number of nitrogens with zero attached hydrogens (tertiary/aromatic N) is 2. The first-order valence-corrected chi connectivity index (χ1v) is 31.5. The minimum absolute atomic E-state index is 0.757. The van der Waals surface area contributed by atoms with Gasteiger partial charge in [0.2, 0.25) is 0 Å². The number of hydrogen-bond acceptors (Lipinski definition) is 2. The maximum Gasteiger partial charge on any atom is 0.119 e. The first-order valence-electron chi connectivity index (χ1n) is 31.5. The fourth-order valence-corrected chi connectivity index (χ4v) is 12.0. The number of rotatable bonds is 29. The van der Waals surface area contributed by atoms with Crippen LogP contribution in [0.4, 0.5) is 0 Å². The van der Waals surface area contributed by atoms with Crippen LogP contribution in [0.5, 0.6) is 11.5 Å². The molecule has 4 nitrogen and oxygen atoms in total. The fraction of sp³-hybridized carbons (Fsp3) is 0.250. The second-order valence-corrected chi connectivity index (χ2v) is 22.8. The highest BCUT2D eigenvalue weighted by Crippen LogP contribution is 2.36. The topological polar surface area (TPSA) is 28.3 Å². The smallest absolute Gasteiger partial charge is 0.119 e. The van der Waals surface area contributed by atoms with Gasteiger partial charge in [-0.3, -0.25) is 0 Å². The van der Waals surface area contributed by atoms with Crippen molar-refractivity contribution >= 4 is 80.1 Å². The van der Waals surface area contributed by atoms with E-state index in [0.717, 1.165) is 82.3 Å². The van der Waals surface area contributed by atoms with E-state index in [1.807, 2.05) is 0 Å². The molecule has 2 aromatic heterocycles. The molecule has 11 rings (SSSR count). The summed E-state index contributed by atoms with van der Waals surface area (Å²) >= 11 is 0. The summed E-state index contributed by atoms with van der Waals surface area (Å²) in [5.41, 5.74) is 16.3. The summed E-state index contributed by atoms with van der Waals surface area (Å²) in [7, 11) is 0. The first-order chi connectivity index (χ1) is 41.6. The van der Waals surface area contributed by atoms with E-state index in [0.29, 0.717) is 0 Å². The van der Waals surface area contributed by atoms with E-state index in [2.05, 4.69) is 266 Å². The lowest BCUT2D eigenvalue weighted by atomic mass is 10.0. The number of ether oxygens (including phenoxy) is 2. The Labute approximate surface area is 499 Å². The van der Waals surface area contributed by atoms with Gasteiger partial charge in [-0.25, -0.2) is 0 Å². The molecule has 0 saturated heterocycles. The largest absolute Gasteiger partial charge is 0.494 e. The third kappa shape index (κ3) is 14.6. The Balaban J connectivity index is 0.812. The first kappa shape index (κ1) is 57.2. The van der Waals surface area contributed by atoms with Crippen molar-refractivity contribution in [2.24, 2.45) is 0 Å². The van der Waals surface area contributed by atoms with E-state index in [9.17, 15) is 0 Å². The Bertz CT molecular complexity index is 3850. The molecular weight excluding hydrogens is 1020 g/mol. The average Bonchev–Trinajstić information content (AvgIpc) is 2.48. The van der Waals surface area contributed by atoms with Crippen molar-refractivity contribution in [3.63, 3.8) is 0 Å². The molecule has 0 atom stereocenters. The normalized spacial score (nSPS) is 11.9. The third-order valence-electron chi connectivity index (χ3n) is 16.5. The van der Waals surface area contributed by atoms with Gasteiger partial charge in [0.05, 0.1) is 35.3 Å². The quantitative estimate of drug-likeness (QED) is 0.0345. The number of aromatic nitrogens is 2. The molecule has 9 aromatic carbocycles. The summed E-state index contributed by atoms with van der Waals surface area (Å²) in [5, 5.41) is 5.01. The lowest BCUT2D eigenvalue weighted by Gasteiger charge is -2.11. The monoisotopic (exact) mass is 1100 g/mol. The van der Waals surface area contributed by atoms with E-state index >= 15 is 0 Å². The molecule has 0 aliphatic heterocycles. The molecule has 4 heteroatoms. The van der Waals surface area contributed by atoms with Gasteiger partial charge in [0, 0.05) is 32.9 Å². The fourth-order valence-electron chi connectivity index (χ4n) is 12.0. The molecule has 0 radical (unpaired) electrons. The lowest BCUT2D eigenvalue weighted by molar-refractivity contribution is 0.304. The van der Waals surface area contributed by atoms with Crippen LogP contribution in [0.25, 0.3) is 103 Å². The number of hydrogen-bond donors (Lipinski definition) is 0. The van der Waals surface area contributed by atoms with Crippen molar-refractivity contribution in [1.29, 1.82) is 0 Å². The van der Waals surface area contributed by atoms with E-state index in [1.54, 1.807) is 0 Å². The van der Waals surface area contributed by atoms with E-state index < -0.39 is 0 Å². The molecule has 0 bridgehead atoms. The molecular formula is C80H82N2O2. The van der Waals surface area contributed by atoms with Crippen LogP contribution in [-0.4, -0.2) is 22.3 Å². The third-order valence-corrected chi connectivity index (χ3v) is 16.5. The van der Waals surface area contributed by atoms with Crippen LogP contribution < -0.4 is 9.47 Å². The Morgan fingerprint density at radius 2 is 0.619 bits per heavy atom. The van der Waals surface area contributed by atoms with Crippen molar-refractivity contribution < 1.29 is 9.47 Å². The lowest BCUT2D eigenvalue weighted by Crippen LogP contribution is -1.97. The van der Waals surface area contributed by atoms with E-state index in [4.69, 9.17) is 9.47 Å². The van der Waals surface area contributed by atoms with Gasteiger partial charge in [0.1, 0.15) is 11.5 Å². The minimum Gasteiger partial charge on any atom is -0.494 e. The van der Waals surface area contributed by atoms with Crippen LogP contribution in [0.3, 0.4) is 0 Å². The van der Waals surface area contributed by atoms with E-state index in [-0.39, 0.29) is 0 Å². The molecule has 0 amide bonds. The molecule has 0 aliphatic carbocycles. The van der Waals surface area contributed by atoms with Crippen molar-refractivity contribution in [2.75, 3.05) is 13.2 Å². The van der Waals surface area contributed by atoms with Gasteiger partial charge in [-0.05, 0) is 154 Å². The SMILES string of the molecule is CCCCCCCCCCOc1cccc(/C=C/c2cc(/C=C/c3cccc(OCCCCCCCCCC)c3)cc(/C=C/c3ccc4c(c3)c3ccccc3n4-c3ccc(-c4ccc(-n5c6ccccc6c6ccccc65)cc4)cc3)c2)c1. The Morgan fingerprint density at radius 3 is 1.04 bits per heavy atom. The number of unbranched alkanes of at least 4 members (excludes halogenated alkanes) is 14. The molecule has 424 valence electrons. The molecule has 0 unspecified atom stereocenters. The highest BCUT2D eigenvalue weighted by molar-refractivity contribution is 6.10. The predicted octanol–water partition coefficient (Wildman–Crippen LogP) is 23.1. The Kier molecular flexibility index (Phi) is 19.8. The zero-order valence-corrected chi connectivity index (χ0v) is 49.5. The molecule has 0 N–H and O–H groups in total. The standard InChI is InChI=1S/C80H82N2O2/c1-3-5-7-9-11-13-15-23-53-83-71-29-25-27-61(58-71)37-40-64-55-65(41-38-62-28-26-30-72(59-62)84-54-24-16-14-12-10-8-6-4-2)57-66(56-64)42-39-63-43-52-80-76(60-63)75-33-19-22-36-79(75)82(80)70-50-46-68(47-51-70)67-44-48-69(49-45-67)81-77-34-20-17-31-73(77)74-32-18-21-35-78(74)81/h17-22,25-52,55-60H,3-16,23-24,53-54H2,1-2H3/b40-37+,41-38+,42-39+. The summed E-state index contributed by atoms with van der Waals surface area (Å²) in [6.45, 7) is 6.07. The highest BCUT2D eigenvalue weighted by atomic mass is 16.5. The van der Waals surface area contributed by atoms with Crippen LogP contribution in [-0.2, 0) is 0 Å². The summed E-state index contributed by atoms with van der Waals surface area (Å²) in [5.74, 6) is 1.85. The molecule has 84 heavy (non-hydrogen) atoms. The zero-order chi connectivity index (χ0) is 57.1. The van der Waals surface area contributed by atoms with Crippen molar-refractivity contribution in [3.05, 3.63) is 240 Å². The maximum atomic E-state index is 6.25. The number of benzene rings is 9. The van der Waals surface area contributed by atoms with Gasteiger partial charge in [-0.2, -0.15) is 0 Å². The van der Waals surface area contributed by atoms with Crippen molar-refractivity contribution in [2.45, 2.75) is 117 Å². The van der Waals surface area contributed by atoms with E-state index in [1.165, 1.54) is 145 Å². The summed E-state index contributed by atoms with van der Waals surface area (Å²) in [6, 6.07) is 74.9. The summed E-state index contributed by atoms with van der Waals surface area (Å²) in [6.07, 6.45) is 34.0. The second-order valence-electron chi connectivity index (χ2n) is 22.8. The zero-order valence-electron chi connectivity index (χ0n) is 49.5. The van der Waals surface area contributed by atoms with Gasteiger partial charge in [0.15, 0.2) is 0 Å². The van der Waals surface area contributed by atoms with Gasteiger partial charge >= 0.3 is 0 Å². The molecule has 2 heterocycles. The molecule has 0 aliphatic rings. The minimum atomic E-state index is 0.757.